The maximum absolute atomic E-state index is 11.4. The maximum Gasteiger partial charge on any atom is 0.281 e. The molecule has 2 N–H and O–H groups in total. The number of methoxy groups -OCH3 is 1. The molecular weight excluding hydrogens is 244 g/mol. The van der Waals surface area contributed by atoms with E-state index in [1.54, 1.807) is 4.90 Å². The van der Waals surface area contributed by atoms with Gasteiger partial charge in [-0.25, -0.2) is 0 Å². The fraction of sp³-hybridized carbons (Fsp3) is 0.800. The molecule has 98 valence electrons. The van der Waals surface area contributed by atoms with Crippen molar-refractivity contribution in [1.82, 2.24) is 10.2 Å². The summed E-state index contributed by atoms with van der Waals surface area (Å²) in [5, 5.41) is 11.9. The van der Waals surface area contributed by atoms with E-state index in [0.29, 0.717) is 13.1 Å². The van der Waals surface area contributed by atoms with Crippen LogP contribution in [-0.4, -0.2) is 66.4 Å². The van der Waals surface area contributed by atoms with Gasteiger partial charge in [-0.3, -0.25) is 9.59 Å². The highest BCUT2D eigenvalue weighted by Gasteiger charge is 2.21. The summed E-state index contributed by atoms with van der Waals surface area (Å²) in [7, 11) is 1.49. The lowest BCUT2D eigenvalue weighted by atomic mass is 10.3. The Morgan fingerprint density at radius 3 is 3.06 bits per heavy atom. The fourth-order valence-corrected chi connectivity index (χ4v) is 2.29. The minimum atomic E-state index is -0.687. The highest BCUT2D eigenvalue weighted by Crippen LogP contribution is 2.16. The second-order valence-corrected chi connectivity index (χ2v) is 4.81. The van der Waals surface area contributed by atoms with Gasteiger partial charge in [-0.05, 0) is 0 Å². The molecule has 1 heterocycles. The zero-order valence-electron chi connectivity index (χ0n) is 9.85. The zero-order chi connectivity index (χ0) is 12.7. The molecule has 1 saturated heterocycles. The van der Waals surface area contributed by atoms with Crippen LogP contribution in [0.15, 0.2) is 0 Å². The summed E-state index contributed by atoms with van der Waals surface area (Å²) >= 11 is 1.28. The van der Waals surface area contributed by atoms with Crippen molar-refractivity contribution in [3.8, 4) is 0 Å². The normalized spacial score (nSPS) is 17.3. The average molecular weight is 262 g/mol. The van der Waals surface area contributed by atoms with Gasteiger partial charge in [-0.2, -0.15) is 0 Å². The van der Waals surface area contributed by atoms with Crippen molar-refractivity contribution in [2.24, 2.45) is 0 Å². The molecule has 0 bridgehead atoms. The number of nitrogens with zero attached hydrogens (tertiary/aromatic N) is 1. The monoisotopic (exact) mass is 262 g/mol. The summed E-state index contributed by atoms with van der Waals surface area (Å²) in [6, 6.07) is 0. The molecule has 0 saturated carbocycles. The molecule has 0 radical (unpaired) electrons. The first kappa shape index (κ1) is 14.3. The number of thioether (sulfide) groups is 1. The van der Waals surface area contributed by atoms with Crippen LogP contribution in [0.25, 0.3) is 0 Å². The summed E-state index contributed by atoms with van der Waals surface area (Å²) in [4.78, 5) is 24.3. The minimum Gasteiger partial charge on any atom is -0.389 e. The van der Waals surface area contributed by atoms with Crippen LogP contribution in [-0.2, 0) is 9.53 Å². The van der Waals surface area contributed by atoms with E-state index in [1.807, 2.05) is 0 Å². The molecule has 0 aromatic carbocycles. The Labute approximate surface area is 105 Å². The Hall–Kier alpha value is -0.790. The van der Waals surface area contributed by atoms with Crippen molar-refractivity contribution in [3.05, 3.63) is 0 Å². The predicted octanol–water partition coefficient (Wildman–Crippen LogP) is -0.331. The van der Waals surface area contributed by atoms with Crippen molar-refractivity contribution in [3.63, 3.8) is 0 Å². The van der Waals surface area contributed by atoms with Gasteiger partial charge in [0.2, 0.25) is 5.91 Å². The van der Waals surface area contributed by atoms with Crippen LogP contribution in [0.5, 0.6) is 0 Å². The van der Waals surface area contributed by atoms with Crippen molar-refractivity contribution >= 4 is 22.9 Å². The number of hydrogen-bond acceptors (Lipinski definition) is 5. The van der Waals surface area contributed by atoms with Crippen LogP contribution < -0.4 is 5.32 Å². The largest absolute Gasteiger partial charge is 0.389 e. The van der Waals surface area contributed by atoms with Crippen LogP contribution in [0, 0.1) is 0 Å². The molecule has 0 aromatic rings. The Morgan fingerprint density at radius 2 is 2.47 bits per heavy atom. The third kappa shape index (κ3) is 5.38. The summed E-state index contributed by atoms with van der Waals surface area (Å²) < 4.78 is 4.73. The van der Waals surface area contributed by atoms with Crippen molar-refractivity contribution in [2.45, 2.75) is 12.5 Å². The van der Waals surface area contributed by atoms with Gasteiger partial charge in [0.15, 0.2) is 0 Å². The minimum absolute atomic E-state index is 0.0391. The SMILES string of the molecule is COCC(O)CNC(=O)CCN1CCSC1=O. The number of carbonyl (C=O) groups is 2. The van der Waals surface area contributed by atoms with E-state index in [1.165, 1.54) is 18.9 Å². The van der Waals surface area contributed by atoms with Crippen molar-refractivity contribution < 1.29 is 19.4 Å². The highest BCUT2D eigenvalue weighted by molar-refractivity contribution is 8.13. The lowest BCUT2D eigenvalue weighted by molar-refractivity contribution is -0.121. The molecule has 1 aliphatic rings. The van der Waals surface area contributed by atoms with Gasteiger partial charge in [0.05, 0.1) is 12.7 Å². The molecule has 6 nitrogen and oxygen atoms in total. The topological polar surface area (TPSA) is 78.9 Å². The zero-order valence-corrected chi connectivity index (χ0v) is 10.7. The third-order valence-electron chi connectivity index (χ3n) is 2.35. The first-order chi connectivity index (χ1) is 8.13. The molecule has 0 spiro atoms. The Bertz CT molecular complexity index is 275. The molecule has 1 unspecified atom stereocenters. The lowest BCUT2D eigenvalue weighted by Gasteiger charge is -2.15. The fourth-order valence-electron chi connectivity index (χ4n) is 1.44. The second kappa shape index (κ2) is 7.52. The molecule has 1 aliphatic heterocycles. The predicted molar refractivity (Wildman–Crippen MR) is 64.9 cm³/mol. The van der Waals surface area contributed by atoms with Crippen LogP contribution in [0.2, 0.25) is 0 Å². The number of aliphatic hydroxyl groups is 1. The maximum atomic E-state index is 11.4. The summed E-state index contributed by atoms with van der Waals surface area (Å²) in [5.74, 6) is 0.636. The number of rotatable bonds is 7. The van der Waals surface area contributed by atoms with E-state index in [0.717, 1.165) is 5.75 Å². The summed E-state index contributed by atoms with van der Waals surface area (Å²) in [6.07, 6.45) is -0.417. The number of nitrogens with one attached hydrogen (secondary N) is 1. The highest BCUT2D eigenvalue weighted by atomic mass is 32.2. The van der Waals surface area contributed by atoms with E-state index in [-0.39, 0.29) is 30.7 Å². The smallest absolute Gasteiger partial charge is 0.281 e. The molecule has 2 amide bonds. The molecule has 0 aliphatic carbocycles. The van der Waals surface area contributed by atoms with Crippen LogP contribution >= 0.6 is 11.8 Å². The summed E-state index contributed by atoms with van der Waals surface area (Å²) in [6.45, 7) is 1.53. The second-order valence-electron chi connectivity index (χ2n) is 3.76. The van der Waals surface area contributed by atoms with Crippen LogP contribution in [0.3, 0.4) is 0 Å². The van der Waals surface area contributed by atoms with E-state index in [9.17, 15) is 14.7 Å². The van der Waals surface area contributed by atoms with Gasteiger partial charge in [-0.1, -0.05) is 11.8 Å². The van der Waals surface area contributed by atoms with E-state index in [2.05, 4.69) is 5.32 Å². The van der Waals surface area contributed by atoms with Crippen LogP contribution in [0.4, 0.5) is 4.79 Å². The van der Waals surface area contributed by atoms with Gasteiger partial charge in [-0.15, -0.1) is 0 Å². The average Bonchev–Trinajstić information content (AvgIpc) is 2.70. The van der Waals surface area contributed by atoms with Gasteiger partial charge in [0, 0.05) is 38.9 Å². The first-order valence-electron chi connectivity index (χ1n) is 5.49. The number of hydrogen-bond donors (Lipinski definition) is 2. The Morgan fingerprint density at radius 1 is 1.71 bits per heavy atom. The van der Waals surface area contributed by atoms with E-state index >= 15 is 0 Å². The first-order valence-corrected chi connectivity index (χ1v) is 6.47. The standard InChI is InChI=1S/C10H18N2O4S/c1-16-7-8(13)6-11-9(14)2-3-12-4-5-17-10(12)15/h8,13H,2-7H2,1H3,(H,11,14). The molecule has 1 rings (SSSR count). The van der Waals surface area contributed by atoms with E-state index in [4.69, 9.17) is 4.74 Å². The Kier molecular flexibility index (Phi) is 6.31. The van der Waals surface area contributed by atoms with Crippen LogP contribution in [0.1, 0.15) is 6.42 Å². The quantitative estimate of drug-likeness (QED) is 0.657. The number of carbonyl (C=O) groups excluding carboxylic acids is 2. The van der Waals surface area contributed by atoms with Gasteiger partial charge < -0.3 is 20.1 Å². The summed E-state index contributed by atoms with van der Waals surface area (Å²) in [5.41, 5.74) is 0. The molecule has 1 fully saturated rings. The molecule has 7 heteroatoms. The van der Waals surface area contributed by atoms with Crippen molar-refractivity contribution in [2.75, 3.05) is 39.1 Å². The molecular formula is C10H18N2O4S. The number of amides is 2. The van der Waals surface area contributed by atoms with Gasteiger partial charge >= 0.3 is 0 Å². The van der Waals surface area contributed by atoms with Gasteiger partial charge in [0.25, 0.3) is 5.24 Å². The number of ether oxygens (including phenoxy) is 1. The lowest BCUT2D eigenvalue weighted by Crippen LogP contribution is -2.36. The molecule has 0 aromatic heterocycles. The third-order valence-corrected chi connectivity index (χ3v) is 3.24. The molecule has 17 heavy (non-hydrogen) atoms. The van der Waals surface area contributed by atoms with Crippen molar-refractivity contribution in [1.29, 1.82) is 0 Å². The Balaban J connectivity index is 2.10. The molecule has 1 atom stereocenters. The number of aliphatic hydroxyl groups excluding tert-OH is 1. The van der Waals surface area contributed by atoms with E-state index < -0.39 is 6.10 Å². The van der Waals surface area contributed by atoms with Gasteiger partial charge in [0.1, 0.15) is 0 Å².